The minimum atomic E-state index is -0.415. The fraction of sp³-hybridized carbons (Fsp3) is 0.235. The largest absolute Gasteiger partial charge is 0.495 e. The summed E-state index contributed by atoms with van der Waals surface area (Å²) in [5.74, 6) is 0.478. The van der Waals surface area contributed by atoms with Gasteiger partial charge in [0.05, 0.1) is 12.8 Å². The maximum Gasteiger partial charge on any atom is 0.246 e. The van der Waals surface area contributed by atoms with Gasteiger partial charge in [-0.05, 0) is 43.7 Å². The lowest BCUT2D eigenvalue weighted by molar-refractivity contribution is -0.116. The molecule has 4 nitrogen and oxygen atoms in total. The van der Waals surface area contributed by atoms with Crippen molar-refractivity contribution in [3.8, 4) is 5.75 Å². The highest BCUT2D eigenvalue weighted by Gasteiger charge is 2.15. The van der Waals surface area contributed by atoms with Crippen LogP contribution in [0.4, 0.5) is 11.4 Å². The molecule has 0 bridgehead atoms. The number of methoxy groups -OCH3 is 1. The van der Waals surface area contributed by atoms with Crippen LogP contribution in [-0.2, 0) is 4.79 Å². The van der Waals surface area contributed by atoms with Gasteiger partial charge in [-0.1, -0.05) is 29.8 Å². The number of halogens is 1. The Morgan fingerprint density at radius 3 is 2.55 bits per heavy atom. The lowest BCUT2D eigenvalue weighted by atomic mass is 10.1. The highest BCUT2D eigenvalue weighted by atomic mass is 35.5. The zero-order chi connectivity index (χ0) is 16.1. The van der Waals surface area contributed by atoms with Gasteiger partial charge in [-0.2, -0.15) is 0 Å². The summed E-state index contributed by atoms with van der Waals surface area (Å²) >= 11 is 6.09. The number of amides is 1. The van der Waals surface area contributed by atoms with Crippen molar-refractivity contribution in [3.05, 3.63) is 53.1 Å². The first kappa shape index (κ1) is 16.2. The highest BCUT2D eigenvalue weighted by molar-refractivity contribution is 6.31. The monoisotopic (exact) mass is 318 g/mol. The number of rotatable bonds is 5. The molecule has 0 aliphatic heterocycles. The van der Waals surface area contributed by atoms with E-state index in [9.17, 15) is 4.79 Å². The molecule has 1 atom stereocenters. The van der Waals surface area contributed by atoms with Crippen molar-refractivity contribution in [3.63, 3.8) is 0 Å². The first-order valence-electron chi connectivity index (χ1n) is 6.98. The van der Waals surface area contributed by atoms with Gasteiger partial charge in [0, 0.05) is 10.7 Å². The molecule has 2 N–H and O–H groups in total. The van der Waals surface area contributed by atoms with Gasteiger partial charge in [0.1, 0.15) is 11.8 Å². The van der Waals surface area contributed by atoms with Gasteiger partial charge >= 0.3 is 0 Å². The maximum atomic E-state index is 12.3. The summed E-state index contributed by atoms with van der Waals surface area (Å²) in [5.41, 5.74) is 2.41. The van der Waals surface area contributed by atoms with E-state index < -0.39 is 6.04 Å². The first-order chi connectivity index (χ1) is 10.5. The van der Waals surface area contributed by atoms with Crippen LogP contribution < -0.4 is 15.4 Å². The van der Waals surface area contributed by atoms with Gasteiger partial charge in [0.2, 0.25) is 5.91 Å². The molecule has 0 aromatic heterocycles. The van der Waals surface area contributed by atoms with Crippen LogP contribution in [0.15, 0.2) is 42.5 Å². The molecule has 0 radical (unpaired) electrons. The summed E-state index contributed by atoms with van der Waals surface area (Å²) in [7, 11) is 1.57. The Morgan fingerprint density at radius 2 is 1.82 bits per heavy atom. The smallest absolute Gasteiger partial charge is 0.246 e. The molecule has 2 aromatic rings. The van der Waals surface area contributed by atoms with Crippen molar-refractivity contribution >= 4 is 28.9 Å². The quantitative estimate of drug-likeness (QED) is 0.872. The van der Waals surface area contributed by atoms with Gasteiger partial charge < -0.3 is 15.4 Å². The Morgan fingerprint density at radius 1 is 1.14 bits per heavy atom. The Bertz CT molecular complexity index is 673. The van der Waals surface area contributed by atoms with E-state index >= 15 is 0 Å². The number of benzene rings is 2. The molecule has 0 saturated carbocycles. The van der Waals surface area contributed by atoms with Crippen molar-refractivity contribution in [2.45, 2.75) is 19.9 Å². The van der Waals surface area contributed by atoms with Gasteiger partial charge in [-0.25, -0.2) is 0 Å². The third kappa shape index (κ3) is 3.71. The second-order valence-electron chi connectivity index (χ2n) is 4.97. The molecule has 1 amide bonds. The lowest BCUT2D eigenvalue weighted by Gasteiger charge is -2.18. The minimum absolute atomic E-state index is 0.149. The van der Waals surface area contributed by atoms with Gasteiger partial charge in [-0.3, -0.25) is 4.79 Å². The number of carbonyl (C=O) groups is 1. The van der Waals surface area contributed by atoms with Crippen molar-refractivity contribution < 1.29 is 9.53 Å². The summed E-state index contributed by atoms with van der Waals surface area (Å²) in [4.78, 5) is 12.3. The first-order valence-corrected chi connectivity index (χ1v) is 7.36. The van der Waals surface area contributed by atoms with Crippen molar-refractivity contribution in [1.29, 1.82) is 0 Å². The van der Waals surface area contributed by atoms with Gasteiger partial charge in [0.25, 0.3) is 0 Å². The maximum absolute atomic E-state index is 12.3. The average Bonchev–Trinajstić information content (AvgIpc) is 2.52. The second kappa shape index (κ2) is 7.18. The number of para-hydroxylation sites is 2. The van der Waals surface area contributed by atoms with Crippen LogP contribution in [0, 0.1) is 6.92 Å². The molecule has 0 saturated heterocycles. The zero-order valence-electron chi connectivity index (χ0n) is 12.8. The number of ether oxygens (including phenoxy) is 1. The van der Waals surface area contributed by atoms with Crippen LogP contribution in [0.5, 0.6) is 5.75 Å². The molecular weight excluding hydrogens is 300 g/mol. The molecule has 0 aliphatic rings. The SMILES string of the molecule is COc1ccccc1NC(=O)[C@H](C)Nc1cccc(Cl)c1C. The average molecular weight is 319 g/mol. The topological polar surface area (TPSA) is 50.4 Å². The molecule has 0 fully saturated rings. The number of hydrogen-bond donors (Lipinski definition) is 2. The van der Waals surface area contributed by atoms with Crippen molar-refractivity contribution in [1.82, 2.24) is 0 Å². The van der Waals surface area contributed by atoms with E-state index in [2.05, 4.69) is 10.6 Å². The Labute approximate surface area is 135 Å². The minimum Gasteiger partial charge on any atom is -0.495 e. The van der Waals surface area contributed by atoms with Crippen LogP contribution in [0.25, 0.3) is 0 Å². The van der Waals surface area contributed by atoms with E-state index in [1.54, 1.807) is 26.2 Å². The van der Waals surface area contributed by atoms with Crippen LogP contribution >= 0.6 is 11.6 Å². The number of anilines is 2. The molecule has 0 aliphatic carbocycles. The predicted octanol–water partition coefficient (Wildman–Crippen LogP) is 4.10. The molecule has 22 heavy (non-hydrogen) atoms. The third-order valence-electron chi connectivity index (χ3n) is 3.40. The molecule has 0 spiro atoms. The van der Waals surface area contributed by atoms with E-state index in [1.807, 2.05) is 37.3 Å². The van der Waals surface area contributed by atoms with E-state index in [0.29, 0.717) is 16.5 Å². The lowest BCUT2D eigenvalue weighted by Crippen LogP contribution is -2.32. The number of nitrogens with one attached hydrogen (secondary N) is 2. The molecule has 116 valence electrons. The van der Waals surface area contributed by atoms with Crippen molar-refractivity contribution in [2.24, 2.45) is 0 Å². The molecule has 0 heterocycles. The molecule has 0 unspecified atom stereocenters. The summed E-state index contributed by atoms with van der Waals surface area (Å²) in [6.07, 6.45) is 0. The molecule has 5 heteroatoms. The molecule has 2 aromatic carbocycles. The summed E-state index contributed by atoms with van der Waals surface area (Å²) in [6.45, 7) is 3.71. The summed E-state index contributed by atoms with van der Waals surface area (Å²) in [5, 5.41) is 6.70. The van der Waals surface area contributed by atoms with Crippen LogP contribution in [0.1, 0.15) is 12.5 Å². The van der Waals surface area contributed by atoms with Gasteiger partial charge in [0.15, 0.2) is 0 Å². The van der Waals surface area contributed by atoms with E-state index in [1.165, 1.54) is 0 Å². The predicted molar refractivity (Wildman–Crippen MR) is 90.9 cm³/mol. The van der Waals surface area contributed by atoms with E-state index in [-0.39, 0.29) is 5.91 Å². The number of carbonyl (C=O) groups excluding carboxylic acids is 1. The molecule has 2 rings (SSSR count). The van der Waals surface area contributed by atoms with Crippen LogP contribution in [-0.4, -0.2) is 19.1 Å². The standard InChI is InChI=1S/C17H19ClN2O2/c1-11-13(18)7-6-9-14(11)19-12(2)17(21)20-15-8-4-5-10-16(15)22-3/h4-10,12,19H,1-3H3,(H,20,21)/t12-/m0/s1. The van der Waals surface area contributed by atoms with E-state index in [4.69, 9.17) is 16.3 Å². The number of hydrogen-bond acceptors (Lipinski definition) is 3. The summed E-state index contributed by atoms with van der Waals surface area (Å²) < 4.78 is 5.23. The van der Waals surface area contributed by atoms with Crippen molar-refractivity contribution in [2.75, 3.05) is 17.7 Å². The highest BCUT2D eigenvalue weighted by Crippen LogP contribution is 2.25. The normalized spacial score (nSPS) is 11.6. The zero-order valence-corrected chi connectivity index (χ0v) is 13.6. The Kier molecular flexibility index (Phi) is 5.28. The summed E-state index contributed by atoms with van der Waals surface area (Å²) in [6, 6.07) is 12.5. The van der Waals surface area contributed by atoms with Crippen LogP contribution in [0.2, 0.25) is 5.02 Å². The molecular formula is C17H19ClN2O2. The fourth-order valence-electron chi connectivity index (χ4n) is 2.05. The van der Waals surface area contributed by atoms with Crippen LogP contribution in [0.3, 0.4) is 0 Å². The van der Waals surface area contributed by atoms with E-state index in [0.717, 1.165) is 11.3 Å². The Hall–Kier alpha value is -2.20. The fourth-order valence-corrected chi connectivity index (χ4v) is 2.23. The second-order valence-corrected chi connectivity index (χ2v) is 5.38. The van der Waals surface area contributed by atoms with Gasteiger partial charge in [-0.15, -0.1) is 0 Å². The third-order valence-corrected chi connectivity index (χ3v) is 3.81. The Balaban J connectivity index is 2.08.